The molecule has 0 spiro atoms. The van der Waals surface area contributed by atoms with Crippen LogP contribution in [0.25, 0.3) is 0 Å². The minimum absolute atomic E-state index is 0.0442. The molecule has 19 heavy (non-hydrogen) atoms. The largest absolute Gasteiger partial charge is 0.382 e. The van der Waals surface area contributed by atoms with Gasteiger partial charge in [0.05, 0.1) is 18.3 Å². The summed E-state index contributed by atoms with van der Waals surface area (Å²) in [7, 11) is 1.55. The summed E-state index contributed by atoms with van der Waals surface area (Å²) in [5, 5.41) is 2.65. The van der Waals surface area contributed by atoms with Gasteiger partial charge in [-0.25, -0.2) is 19.6 Å². The summed E-state index contributed by atoms with van der Waals surface area (Å²) in [6, 6.07) is 1.73. The van der Waals surface area contributed by atoms with Gasteiger partial charge < -0.3 is 10.1 Å². The average molecular weight is 337 g/mol. The van der Waals surface area contributed by atoms with Gasteiger partial charge in [0.2, 0.25) is 5.96 Å². The number of hydrogen-bond acceptors (Lipinski definition) is 3. The highest BCUT2D eigenvalue weighted by molar-refractivity contribution is 9.10. The van der Waals surface area contributed by atoms with Crippen molar-refractivity contribution in [1.82, 2.24) is 5.43 Å². The Balaban J connectivity index is 2.93. The molecule has 0 aliphatic carbocycles. The number of anilines is 1. The lowest BCUT2D eigenvalue weighted by Crippen LogP contribution is -2.37. The van der Waals surface area contributed by atoms with Gasteiger partial charge in [0.1, 0.15) is 5.82 Å². The standard InChI is InChI=1S/C11H15BrF2N4O/c1-6(5-19-2)16-11(18-15)17-10-8(12)3-7(13)4-9(10)14/h3-4,6H,5,15H2,1-2H3,(H2,16,17,18). The molecule has 8 heteroatoms. The van der Waals surface area contributed by atoms with Gasteiger partial charge in [0.25, 0.3) is 0 Å². The topological polar surface area (TPSA) is 71.7 Å². The predicted molar refractivity (Wildman–Crippen MR) is 73.8 cm³/mol. The minimum Gasteiger partial charge on any atom is -0.382 e. The number of methoxy groups -OCH3 is 1. The molecule has 0 fully saturated rings. The van der Waals surface area contributed by atoms with Crippen LogP contribution < -0.4 is 16.6 Å². The van der Waals surface area contributed by atoms with Crippen LogP contribution in [0, 0.1) is 11.6 Å². The van der Waals surface area contributed by atoms with Crippen molar-refractivity contribution >= 4 is 27.6 Å². The van der Waals surface area contributed by atoms with E-state index in [0.29, 0.717) is 6.61 Å². The maximum absolute atomic E-state index is 13.6. The fraction of sp³-hybridized carbons (Fsp3) is 0.364. The van der Waals surface area contributed by atoms with Crippen LogP contribution in [0.1, 0.15) is 6.92 Å². The molecule has 1 aromatic rings. The number of nitrogens with one attached hydrogen (secondary N) is 2. The number of benzene rings is 1. The molecule has 1 rings (SSSR count). The molecule has 0 radical (unpaired) electrons. The van der Waals surface area contributed by atoms with Crippen molar-refractivity contribution in [1.29, 1.82) is 0 Å². The molecule has 1 atom stereocenters. The Hall–Kier alpha value is -1.25. The number of hydrazine groups is 1. The van der Waals surface area contributed by atoms with Gasteiger partial charge in [-0.1, -0.05) is 0 Å². The van der Waals surface area contributed by atoms with Gasteiger partial charge in [-0.3, -0.25) is 5.43 Å². The van der Waals surface area contributed by atoms with Gasteiger partial charge in [0.15, 0.2) is 5.82 Å². The Kier molecular flexibility index (Phi) is 6.13. The number of nitrogens with two attached hydrogens (primary N) is 1. The van der Waals surface area contributed by atoms with Crippen molar-refractivity contribution in [3.05, 3.63) is 28.2 Å². The third kappa shape index (κ3) is 4.73. The maximum atomic E-state index is 13.6. The molecule has 1 aromatic carbocycles. The molecule has 0 amide bonds. The molecule has 106 valence electrons. The second-order valence-corrected chi connectivity index (χ2v) is 4.65. The number of aliphatic imine (C=N–C) groups is 1. The Morgan fingerprint density at radius 1 is 1.53 bits per heavy atom. The van der Waals surface area contributed by atoms with Gasteiger partial charge in [-0.15, -0.1) is 0 Å². The Morgan fingerprint density at radius 2 is 2.21 bits per heavy atom. The van der Waals surface area contributed by atoms with Crippen molar-refractivity contribution < 1.29 is 13.5 Å². The molecular weight excluding hydrogens is 322 g/mol. The first-order chi connectivity index (χ1) is 8.97. The summed E-state index contributed by atoms with van der Waals surface area (Å²) < 4.78 is 31.7. The zero-order valence-corrected chi connectivity index (χ0v) is 12.1. The Bertz CT molecular complexity index is 447. The second kappa shape index (κ2) is 7.37. The summed E-state index contributed by atoms with van der Waals surface area (Å²) >= 11 is 3.06. The normalized spacial score (nSPS) is 13.3. The van der Waals surface area contributed by atoms with E-state index in [4.69, 9.17) is 10.6 Å². The number of guanidine groups is 1. The van der Waals surface area contributed by atoms with E-state index in [-0.39, 0.29) is 22.2 Å². The fourth-order valence-corrected chi connectivity index (χ4v) is 1.89. The maximum Gasteiger partial charge on any atom is 0.210 e. The van der Waals surface area contributed by atoms with E-state index in [0.717, 1.165) is 12.1 Å². The third-order valence-corrected chi connectivity index (χ3v) is 2.77. The lowest BCUT2D eigenvalue weighted by Gasteiger charge is -2.14. The van der Waals surface area contributed by atoms with Crippen LogP contribution in [0.2, 0.25) is 0 Å². The van der Waals surface area contributed by atoms with E-state index < -0.39 is 11.6 Å². The summed E-state index contributed by atoms with van der Waals surface area (Å²) in [5.41, 5.74) is 2.36. The Morgan fingerprint density at radius 3 is 2.74 bits per heavy atom. The molecule has 0 bridgehead atoms. The lowest BCUT2D eigenvalue weighted by molar-refractivity contribution is 0.185. The first-order valence-corrected chi connectivity index (χ1v) is 6.22. The van der Waals surface area contributed by atoms with Gasteiger partial charge in [0, 0.05) is 17.6 Å². The lowest BCUT2D eigenvalue weighted by atomic mass is 10.3. The highest BCUT2D eigenvalue weighted by Gasteiger charge is 2.12. The van der Waals surface area contributed by atoms with Crippen LogP contribution in [0.3, 0.4) is 0 Å². The van der Waals surface area contributed by atoms with Crippen LogP contribution >= 0.6 is 15.9 Å². The minimum atomic E-state index is -0.755. The van der Waals surface area contributed by atoms with E-state index in [1.807, 2.05) is 0 Å². The predicted octanol–water partition coefficient (Wildman–Crippen LogP) is 1.99. The number of rotatable bonds is 4. The molecule has 0 aromatic heterocycles. The average Bonchev–Trinajstić information content (AvgIpc) is 2.32. The van der Waals surface area contributed by atoms with Crippen LogP contribution in [0.5, 0.6) is 0 Å². The smallest absolute Gasteiger partial charge is 0.210 e. The third-order valence-electron chi connectivity index (χ3n) is 2.14. The number of ether oxygens (including phenoxy) is 1. The highest BCUT2D eigenvalue weighted by atomic mass is 79.9. The van der Waals surface area contributed by atoms with Crippen molar-refractivity contribution in [3.63, 3.8) is 0 Å². The van der Waals surface area contributed by atoms with Crippen molar-refractivity contribution in [2.45, 2.75) is 13.0 Å². The monoisotopic (exact) mass is 336 g/mol. The van der Waals surface area contributed by atoms with Crippen molar-refractivity contribution in [3.8, 4) is 0 Å². The molecule has 0 aliphatic rings. The highest BCUT2D eigenvalue weighted by Crippen LogP contribution is 2.26. The van der Waals surface area contributed by atoms with E-state index in [2.05, 4.69) is 31.7 Å². The number of halogens is 3. The zero-order valence-electron chi connectivity index (χ0n) is 10.5. The van der Waals surface area contributed by atoms with Gasteiger partial charge in [-0.2, -0.15) is 0 Å². The first-order valence-electron chi connectivity index (χ1n) is 5.42. The summed E-state index contributed by atoms with van der Waals surface area (Å²) in [4.78, 5) is 4.15. The summed E-state index contributed by atoms with van der Waals surface area (Å²) in [6.07, 6.45) is 0. The fourth-order valence-electron chi connectivity index (χ4n) is 1.38. The van der Waals surface area contributed by atoms with Gasteiger partial charge >= 0.3 is 0 Å². The number of hydrogen-bond donors (Lipinski definition) is 3. The van der Waals surface area contributed by atoms with E-state index in [1.54, 1.807) is 14.0 Å². The van der Waals surface area contributed by atoms with E-state index in [9.17, 15) is 8.78 Å². The van der Waals surface area contributed by atoms with Gasteiger partial charge in [-0.05, 0) is 28.9 Å². The molecular formula is C11H15BrF2N4O. The van der Waals surface area contributed by atoms with Crippen LogP contribution in [-0.4, -0.2) is 25.7 Å². The molecule has 0 heterocycles. The summed E-state index contributed by atoms with van der Waals surface area (Å²) in [6.45, 7) is 2.19. The van der Waals surface area contributed by atoms with E-state index in [1.165, 1.54) is 0 Å². The van der Waals surface area contributed by atoms with Crippen molar-refractivity contribution in [2.75, 3.05) is 19.0 Å². The van der Waals surface area contributed by atoms with Crippen molar-refractivity contribution in [2.24, 2.45) is 10.8 Å². The summed E-state index contributed by atoms with van der Waals surface area (Å²) in [5.74, 6) is 4.01. The Labute approximate surface area is 118 Å². The molecule has 0 saturated carbocycles. The van der Waals surface area contributed by atoms with Crippen LogP contribution in [0.15, 0.2) is 21.6 Å². The zero-order chi connectivity index (χ0) is 14.4. The molecule has 5 nitrogen and oxygen atoms in total. The molecule has 1 unspecified atom stereocenters. The van der Waals surface area contributed by atoms with Crippen LogP contribution in [-0.2, 0) is 4.74 Å². The molecule has 0 saturated heterocycles. The first kappa shape index (κ1) is 15.8. The number of nitrogens with zero attached hydrogens (tertiary/aromatic N) is 1. The molecule has 4 N–H and O–H groups in total. The van der Waals surface area contributed by atoms with Crippen LogP contribution in [0.4, 0.5) is 14.5 Å². The van der Waals surface area contributed by atoms with E-state index >= 15 is 0 Å². The quantitative estimate of drug-likeness (QED) is 0.340. The second-order valence-electron chi connectivity index (χ2n) is 3.80. The molecule has 0 aliphatic heterocycles. The SMILES string of the molecule is COCC(C)N=C(NN)Nc1c(F)cc(F)cc1Br.